The smallest absolute Gasteiger partial charge is 0.164 e. The van der Waals surface area contributed by atoms with Crippen LogP contribution in [0.3, 0.4) is 0 Å². The van der Waals surface area contributed by atoms with E-state index in [9.17, 15) is 0 Å². The Morgan fingerprint density at radius 3 is 2.61 bits per heavy atom. The molecule has 0 aliphatic heterocycles. The SMILES string of the molecule is Nc1nc(-c2cc(Br)sc2Br)nc2ccccc12. The molecule has 3 rings (SSSR count). The molecule has 3 aromatic rings. The van der Waals surface area contributed by atoms with E-state index in [-0.39, 0.29) is 0 Å². The first kappa shape index (κ1) is 12.1. The number of anilines is 1. The molecular weight excluding hydrogens is 378 g/mol. The first-order valence-corrected chi connectivity index (χ1v) is 7.53. The van der Waals surface area contributed by atoms with Gasteiger partial charge < -0.3 is 5.73 Å². The predicted molar refractivity (Wildman–Crippen MR) is 82.7 cm³/mol. The van der Waals surface area contributed by atoms with Crippen LogP contribution in [0.1, 0.15) is 0 Å². The molecule has 0 amide bonds. The molecular formula is C12H7Br2N3S. The summed E-state index contributed by atoms with van der Waals surface area (Å²) in [5, 5.41) is 0.881. The highest BCUT2D eigenvalue weighted by molar-refractivity contribution is 9.12. The third-order valence-corrected chi connectivity index (χ3v) is 4.87. The van der Waals surface area contributed by atoms with E-state index in [1.807, 2.05) is 30.3 Å². The summed E-state index contributed by atoms with van der Waals surface area (Å²) in [7, 11) is 0. The number of nitrogens with zero attached hydrogens (tertiary/aromatic N) is 2. The van der Waals surface area contributed by atoms with Gasteiger partial charge in [0.15, 0.2) is 5.82 Å². The Hall–Kier alpha value is -0.980. The maximum Gasteiger partial charge on any atom is 0.164 e. The van der Waals surface area contributed by atoms with Gasteiger partial charge in [-0.15, -0.1) is 11.3 Å². The first-order chi connectivity index (χ1) is 8.65. The molecule has 90 valence electrons. The number of benzene rings is 1. The van der Waals surface area contributed by atoms with Gasteiger partial charge in [0.2, 0.25) is 0 Å². The van der Waals surface area contributed by atoms with E-state index in [0.717, 1.165) is 24.0 Å². The normalized spacial score (nSPS) is 11.0. The average Bonchev–Trinajstić information content (AvgIpc) is 2.68. The van der Waals surface area contributed by atoms with Gasteiger partial charge in [0.1, 0.15) is 5.82 Å². The fourth-order valence-electron chi connectivity index (χ4n) is 1.71. The van der Waals surface area contributed by atoms with Crippen LogP contribution in [0.15, 0.2) is 37.9 Å². The summed E-state index contributed by atoms with van der Waals surface area (Å²) in [6.45, 7) is 0. The van der Waals surface area contributed by atoms with E-state index in [0.29, 0.717) is 11.6 Å². The molecule has 2 heterocycles. The molecule has 0 unspecified atom stereocenters. The fraction of sp³-hybridized carbons (Fsp3) is 0. The topological polar surface area (TPSA) is 51.8 Å². The maximum atomic E-state index is 5.98. The Morgan fingerprint density at radius 2 is 1.89 bits per heavy atom. The summed E-state index contributed by atoms with van der Waals surface area (Å²) in [5.41, 5.74) is 7.78. The lowest BCUT2D eigenvalue weighted by Crippen LogP contribution is -1.97. The molecule has 0 atom stereocenters. The lowest BCUT2D eigenvalue weighted by molar-refractivity contribution is 1.24. The Bertz CT molecular complexity index is 739. The molecule has 0 saturated carbocycles. The van der Waals surface area contributed by atoms with Crippen molar-refractivity contribution < 1.29 is 0 Å². The number of hydrogen-bond donors (Lipinski definition) is 1. The number of aromatic nitrogens is 2. The van der Waals surface area contributed by atoms with Crippen LogP contribution in [0.5, 0.6) is 0 Å². The van der Waals surface area contributed by atoms with Crippen LogP contribution in [-0.2, 0) is 0 Å². The van der Waals surface area contributed by atoms with Gasteiger partial charge in [0.25, 0.3) is 0 Å². The minimum Gasteiger partial charge on any atom is -0.383 e. The maximum absolute atomic E-state index is 5.98. The first-order valence-electron chi connectivity index (χ1n) is 5.12. The quantitative estimate of drug-likeness (QED) is 0.673. The van der Waals surface area contributed by atoms with Gasteiger partial charge in [-0.25, -0.2) is 9.97 Å². The van der Waals surface area contributed by atoms with Crippen molar-refractivity contribution >= 4 is 59.9 Å². The fourth-order valence-corrected chi connectivity index (χ4v) is 4.50. The molecule has 1 aromatic carbocycles. The number of nitrogen functional groups attached to an aromatic ring is 1. The molecule has 6 heteroatoms. The number of hydrogen-bond acceptors (Lipinski definition) is 4. The average molecular weight is 385 g/mol. The summed E-state index contributed by atoms with van der Waals surface area (Å²) in [6, 6.07) is 9.72. The van der Waals surface area contributed by atoms with E-state index in [1.165, 1.54) is 0 Å². The third-order valence-electron chi connectivity index (χ3n) is 2.53. The van der Waals surface area contributed by atoms with Crippen molar-refractivity contribution in [1.82, 2.24) is 9.97 Å². The van der Waals surface area contributed by atoms with Crippen molar-refractivity contribution in [2.24, 2.45) is 0 Å². The van der Waals surface area contributed by atoms with Gasteiger partial charge in [-0.2, -0.15) is 0 Å². The summed E-state index contributed by atoms with van der Waals surface area (Å²) in [4.78, 5) is 8.91. The predicted octanol–water partition coefficient (Wildman–Crippen LogP) is 4.47. The third kappa shape index (κ3) is 2.04. The second-order valence-corrected chi connectivity index (χ2v) is 7.44. The number of rotatable bonds is 1. The Balaban J connectivity index is 2.27. The van der Waals surface area contributed by atoms with Crippen molar-refractivity contribution in [1.29, 1.82) is 0 Å². The van der Waals surface area contributed by atoms with Crippen LogP contribution < -0.4 is 5.73 Å². The van der Waals surface area contributed by atoms with Crippen molar-refractivity contribution in [3.63, 3.8) is 0 Å². The van der Waals surface area contributed by atoms with Gasteiger partial charge in [-0.05, 0) is 50.1 Å². The van der Waals surface area contributed by atoms with Crippen molar-refractivity contribution in [2.75, 3.05) is 5.73 Å². The van der Waals surface area contributed by atoms with Crippen LogP contribution in [0, 0.1) is 0 Å². The molecule has 2 aromatic heterocycles. The lowest BCUT2D eigenvalue weighted by atomic mass is 10.2. The molecule has 0 spiro atoms. The number of halogens is 2. The standard InChI is InChI=1S/C12H7Br2N3S/c13-9-5-7(10(14)18-9)12-16-8-4-2-1-3-6(8)11(15)17-12/h1-5H,(H2,15,16,17). The van der Waals surface area contributed by atoms with Crippen molar-refractivity contribution in [3.05, 3.63) is 37.9 Å². The molecule has 0 fully saturated rings. The molecule has 0 saturated heterocycles. The van der Waals surface area contributed by atoms with Crippen molar-refractivity contribution in [3.8, 4) is 11.4 Å². The number of fused-ring (bicyclic) bond motifs is 1. The summed E-state index contributed by atoms with van der Waals surface area (Å²) < 4.78 is 2.02. The van der Waals surface area contributed by atoms with Gasteiger partial charge in [0, 0.05) is 10.9 Å². The summed E-state index contributed by atoms with van der Waals surface area (Å²) in [6.07, 6.45) is 0. The Kier molecular flexibility index (Phi) is 3.09. The van der Waals surface area contributed by atoms with Crippen LogP contribution in [-0.4, -0.2) is 9.97 Å². The van der Waals surface area contributed by atoms with E-state index in [4.69, 9.17) is 5.73 Å². The lowest BCUT2D eigenvalue weighted by Gasteiger charge is -2.04. The van der Waals surface area contributed by atoms with Gasteiger partial charge in [-0.1, -0.05) is 12.1 Å². The van der Waals surface area contributed by atoms with Crippen molar-refractivity contribution in [2.45, 2.75) is 0 Å². The molecule has 0 aliphatic rings. The van der Waals surface area contributed by atoms with Crippen LogP contribution in [0.25, 0.3) is 22.3 Å². The highest BCUT2D eigenvalue weighted by Crippen LogP contribution is 2.37. The molecule has 0 aliphatic carbocycles. The van der Waals surface area contributed by atoms with E-state index >= 15 is 0 Å². The zero-order valence-corrected chi connectivity index (χ0v) is 13.0. The number of para-hydroxylation sites is 1. The Labute approximate surface area is 124 Å². The second-order valence-electron chi connectivity index (χ2n) is 3.69. The Morgan fingerprint density at radius 1 is 1.11 bits per heavy atom. The summed E-state index contributed by atoms with van der Waals surface area (Å²) >= 11 is 8.55. The minimum absolute atomic E-state index is 0.504. The van der Waals surface area contributed by atoms with Crippen LogP contribution in [0.2, 0.25) is 0 Å². The highest BCUT2D eigenvalue weighted by atomic mass is 79.9. The second kappa shape index (κ2) is 4.60. The number of nitrogens with two attached hydrogens (primary N) is 1. The van der Waals surface area contributed by atoms with Crippen LogP contribution in [0.4, 0.5) is 5.82 Å². The molecule has 2 N–H and O–H groups in total. The van der Waals surface area contributed by atoms with E-state index < -0.39 is 0 Å². The zero-order valence-electron chi connectivity index (χ0n) is 9.02. The van der Waals surface area contributed by atoms with E-state index in [2.05, 4.69) is 41.8 Å². The largest absolute Gasteiger partial charge is 0.383 e. The summed E-state index contributed by atoms with van der Waals surface area (Å²) in [5.74, 6) is 1.14. The van der Waals surface area contributed by atoms with Gasteiger partial charge in [-0.3, -0.25) is 0 Å². The monoisotopic (exact) mass is 383 g/mol. The van der Waals surface area contributed by atoms with Crippen LogP contribution >= 0.6 is 43.2 Å². The highest BCUT2D eigenvalue weighted by Gasteiger charge is 2.12. The molecule has 18 heavy (non-hydrogen) atoms. The van der Waals surface area contributed by atoms with E-state index in [1.54, 1.807) is 11.3 Å². The van der Waals surface area contributed by atoms with Gasteiger partial charge in [0.05, 0.1) is 13.1 Å². The molecule has 0 bridgehead atoms. The van der Waals surface area contributed by atoms with Gasteiger partial charge >= 0.3 is 0 Å². The zero-order chi connectivity index (χ0) is 12.7. The molecule has 0 radical (unpaired) electrons. The minimum atomic E-state index is 0.504. The number of thiophene rings is 1. The molecule has 3 nitrogen and oxygen atoms in total.